The molecule has 0 radical (unpaired) electrons. The first-order chi connectivity index (χ1) is 19.8. The molecule has 1 aromatic heterocycles. The summed E-state index contributed by atoms with van der Waals surface area (Å²) in [4.78, 5) is 13.2. The van der Waals surface area contributed by atoms with Crippen LogP contribution in [-0.4, -0.2) is 41.5 Å². The van der Waals surface area contributed by atoms with Gasteiger partial charge in [-0.25, -0.2) is 13.1 Å². The Kier molecular flexibility index (Phi) is 9.50. The van der Waals surface area contributed by atoms with Gasteiger partial charge in [0.25, 0.3) is 5.91 Å². The van der Waals surface area contributed by atoms with Gasteiger partial charge in [0.2, 0.25) is 10.0 Å². The van der Waals surface area contributed by atoms with Crippen LogP contribution in [0.4, 0.5) is 5.69 Å². The molecule has 0 spiro atoms. The van der Waals surface area contributed by atoms with Crippen molar-refractivity contribution >= 4 is 27.7 Å². The van der Waals surface area contributed by atoms with Crippen LogP contribution in [-0.2, 0) is 14.8 Å². The summed E-state index contributed by atoms with van der Waals surface area (Å²) in [6.07, 6.45) is 4.61. The Bertz CT molecular complexity index is 1680. The number of nitrogens with zero attached hydrogens (tertiary/aromatic N) is 4. The van der Waals surface area contributed by atoms with Gasteiger partial charge in [-0.05, 0) is 62.2 Å². The van der Waals surface area contributed by atoms with Crippen LogP contribution in [0.15, 0.2) is 95.5 Å². The minimum atomic E-state index is -3.73. The van der Waals surface area contributed by atoms with Gasteiger partial charge in [-0.3, -0.25) is 4.79 Å². The maximum Gasteiger partial charge on any atom is 0.266 e. The molecule has 0 unspecified atom stereocenters. The van der Waals surface area contributed by atoms with Gasteiger partial charge in [0.15, 0.2) is 0 Å². The summed E-state index contributed by atoms with van der Waals surface area (Å²) in [5, 5.41) is 17.4. The third kappa shape index (κ3) is 6.98. The van der Waals surface area contributed by atoms with E-state index in [1.807, 2.05) is 69.3 Å². The van der Waals surface area contributed by atoms with Crippen molar-refractivity contribution in [3.05, 3.63) is 102 Å². The smallest absolute Gasteiger partial charge is 0.266 e. The van der Waals surface area contributed by atoms with Crippen LogP contribution in [0, 0.1) is 18.3 Å². The first-order valence-electron chi connectivity index (χ1n) is 13.5. The molecule has 0 fully saturated rings. The minimum absolute atomic E-state index is 0.111. The monoisotopic (exact) mass is 567 g/mol. The molecule has 4 rings (SSSR count). The van der Waals surface area contributed by atoms with E-state index in [4.69, 9.17) is 5.10 Å². The molecule has 8 nitrogen and oxygen atoms in total. The summed E-state index contributed by atoms with van der Waals surface area (Å²) in [6.45, 7) is 6.71. The number of aromatic nitrogens is 2. The van der Waals surface area contributed by atoms with Crippen LogP contribution in [0.3, 0.4) is 0 Å². The van der Waals surface area contributed by atoms with Crippen LogP contribution in [0.5, 0.6) is 0 Å². The second-order valence-electron chi connectivity index (χ2n) is 9.64. The fourth-order valence-electron chi connectivity index (χ4n) is 4.37. The van der Waals surface area contributed by atoms with Crippen molar-refractivity contribution in [2.24, 2.45) is 0 Å². The van der Waals surface area contributed by atoms with E-state index in [1.54, 1.807) is 47.3 Å². The number of benzene rings is 3. The maximum absolute atomic E-state index is 13.5. The molecule has 1 N–H and O–H groups in total. The average molecular weight is 568 g/mol. The molecule has 3 aromatic carbocycles. The summed E-state index contributed by atoms with van der Waals surface area (Å²) in [5.74, 6) is -0.555. The molecule has 0 bridgehead atoms. The van der Waals surface area contributed by atoms with Gasteiger partial charge >= 0.3 is 0 Å². The fraction of sp³-hybridized carbons (Fsp3) is 0.219. The number of amides is 1. The number of para-hydroxylation sites is 1. The lowest BCUT2D eigenvalue weighted by atomic mass is 10.1. The predicted octanol–water partition coefficient (Wildman–Crippen LogP) is 6.20. The van der Waals surface area contributed by atoms with Crippen molar-refractivity contribution in [2.45, 2.75) is 38.5 Å². The van der Waals surface area contributed by atoms with Crippen molar-refractivity contribution in [1.29, 1.82) is 5.26 Å². The lowest BCUT2D eigenvalue weighted by molar-refractivity contribution is -0.112. The molecular formula is C32H33N5O3S. The summed E-state index contributed by atoms with van der Waals surface area (Å²) in [6, 6.07) is 25.3. The minimum Gasteiger partial charge on any atom is -0.321 e. The highest BCUT2D eigenvalue weighted by atomic mass is 32.2. The molecule has 0 aliphatic heterocycles. The van der Waals surface area contributed by atoms with E-state index < -0.39 is 15.9 Å². The van der Waals surface area contributed by atoms with Gasteiger partial charge in [0, 0.05) is 36.1 Å². The molecule has 0 atom stereocenters. The normalized spacial score (nSPS) is 11.8. The lowest BCUT2D eigenvalue weighted by Gasteiger charge is -2.21. The highest BCUT2D eigenvalue weighted by molar-refractivity contribution is 7.89. The number of hydrogen-bond donors (Lipinski definition) is 1. The zero-order valence-corrected chi connectivity index (χ0v) is 24.2. The molecule has 0 saturated heterocycles. The van der Waals surface area contributed by atoms with Crippen LogP contribution in [0.2, 0.25) is 0 Å². The number of nitrogens with one attached hydrogen (secondary N) is 1. The zero-order chi connectivity index (χ0) is 29.4. The molecule has 9 heteroatoms. The molecule has 0 saturated carbocycles. The number of aryl methyl sites for hydroxylation is 1. The topological polar surface area (TPSA) is 108 Å². The van der Waals surface area contributed by atoms with Gasteiger partial charge in [-0.15, -0.1) is 0 Å². The van der Waals surface area contributed by atoms with Gasteiger partial charge in [-0.2, -0.15) is 14.7 Å². The molecular weight excluding hydrogens is 534 g/mol. The van der Waals surface area contributed by atoms with E-state index in [0.717, 1.165) is 11.3 Å². The first-order valence-corrected chi connectivity index (χ1v) is 15.0. The number of carbonyl (C=O) groups is 1. The van der Waals surface area contributed by atoms with E-state index in [1.165, 1.54) is 10.4 Å². The number of sulfonamides is 1. The van der Waals surface area contributed by atoms with E-state index >= 15 is 0 Å². The van der Waals surface area contributed by atoms with Crippen LogP contribution in [0.1, 0.15) is 37.8 Å². The Hall–Kier alpha value is -4.52. The van der Waals surface area contributed by atoms with Crippen LogP contribution in [0.25, 0.3) is 23.0 Å². The molecule has 41 heavy (non-hydrogen) atoms. The third-order valence-electron chi connectivity index (χ3n) is 6.43. The van der Waals surface area contributed by atoms with Crippen LogP contribution < -0.4 is 5.32 Å². The number of carbonyl (C=O) groups excluding carboxylic acids is 1. The maximum atomic E-state index is 13.5. The molecule has 0 aliphatic carbocycles. The average Bonchev–Trinajstić information content (AvgIpc) is 3.41. The molecule has 210 valence electrons. The molecule has 1 heterocycles. The zero-order valence-electron chi connectivity index (χ0n) is 23.4. The van der Waals surface area contributed by atoms with Crippen molar-refractivity contribution in [1.82, 2.24) is 14.1 Å². The Morgan fingerprint density at radius 2 is 1.68 bits per heavy atom. The predicted molar refractivity (Wildman–Crippen MR) is 162 cm³/mol. The summed E-state index contributed by atoms with van der Waals surface area (Å²) in [5.41, 5.74) is 3.78. The standard InChI is InChI=1S/C32H33N5O3S/c1-4-18-36(19-5-2)41(39,40)30-13-9-10-25(21-30)31-27(23-37(35-31)29-11-7-6-8-12-29)20-26(22-33)32(38)34-28-16-14-24(3)15-17-28/h6-17,20-21,23H,4-5,18-19H2,1-3H3,(H,34,38). The second kappa shape index (κ2) is 13.2. The van der Waals surface area contributed by atoms with E-state index in [9.17, 15) is 18.5 Å². The fourth-order valence-corrected chi connectivity index (χ4v) is 6.04. The van der Waals surface area contributed by atoms with E-state index in [0.29, 0.717) is 48.4 Å². The highest BCUT2D eigenvalue weighted by Crippen LogP contribution is 2.29. The third-order valence-corrected chi connectivity index (χ3v) is 8.32. The van der Waals surface area contributed by atoms with Gasteiger partial charge < -0.3 is 5.32 Å². The van der Waals surface area contributed by atoms with Crippen molar-refractivity contribution in [2.75, 3.05) is 18.4 Å². The van der Waals surface area contributed by atoms with Gasteiger partial charge in [0.05, 0.1) is 10.6 Å². The Balaban J connectivity index is 1.79. The number of anilines is 1. The van der Waals surface area contributed by atoms with Crippen molar-refractivity contribution in [3.63, 3.8) is 0 Å². The summed E-state index contributed by atoms with van der Waals surface area (Å²) in [7, 11) is -3.73. The Labute approximate surface area is 241 Å². The van der Waals surface area contributed by atoms with Gasteiger partial charge in [0.1, 0.15) is 17.3 Å². The SMILES string of the molecule is CCCN(CCC)S(=O)(=O)c1cccc(-c2nn(-c3ccccc3)cc2C=C(C#N)C(=O)Nc2ccc(C)cc2)c1. The highest BCUT2D eigenvalue weighted by Gasteiger charge is 2.24. The van der Waals surface area contributed by atoms with Gasteiger partial charge in [-0.1, -0.05) is 61.9 Å². The van der Waals surface area contributed by atoms with E-state index in [-0.39, 0.29) is 10.5 Å². The largest absolute Gasteiger partial charge is 0.321 e. The second-order valence-corrected chi connectivity index (χ2v) is 11.6. The Morgan fingerprint density at radius 3 is 2.32 bits per heavy atom. The Morgan fingerprint density at radius 1 is 1.00 bits per heavy atom. The molecule has 4 aromatic rings. The molecule has 1 amide bonds. The van der Waals surface area contributed by atoms with Crippen LogP contribution >= 0.6 is 0 Å². The number of rotatable bonds is 11. The van der Waals surface area contributed by atoms with Crippen molar-refractivity contribution < 1.29 is 13.2 Å². The summed E-state index contributed by atoms with van der Waals surface area (Å²) < 4.78 is 30.2. The quantitative estimate of drug-likeness (QED) is 0.171. The number of hydrogen-bond acceptors (Lipinski definition) is 5. The number of nitriles is 1. The van der Waals surface area contributed by atoms with Crippen molar-refractivity contribution in [3.8, 4) is 23.0 Å². The summed E-state index contributed by atoms with van der Waals surface area (Å²) >= 11 is 0. The first kappa shape index (κ1) is 29.5. The molecule has 0 aliphatic rings. The lowest BCUT2D eigenvalue weighted by Crippen LogP contribution is -2.32. The van der Waals surface area contributed by atoms with E-state index in [2.05, 4.69) is 5.32 Å².